The van der Waals surface area contributed by atoms with Gasteiger partial charge in [0.05, 0.1) is 31.2 Å². The predicted octanol–water partition coefficient (Wildman–Crippen LogP) is 3.65. The van der Waals surface area contributed by atoms with Crippen molar-refractivity contribution in [2.75, 3.05) is 25.3 Å². The molecule has 0 bridgehead atoms. The third-order valence-electron chi connectivity index (χ3n) is 4.93. The highest BCUT2D eigenvalue weighted by Gasteiger charge is 2.18. The number of aryl methyl sites for hydroxylation is 1. The second-order valence-electron chi connectivity index (χ2n) is 6.97. The zero-order chi connectivity index (χ0) is 22.7. The average molecular weight is 474 g/mol. The Bertz CT molecular complexity index is 1330. The predicted molar refractivity (Wildman–Crippen MR) is 126 cm³/mol. The Kier molecular flexibility index (Phi) is 6.66. The summed E-state index contributed by atoms with van der Waals surface area (Å²) in [5.41, 5.74) is 1.23. The molecule has 11 heteroatoms. The van der Waals surface area contributed by atoms with Crippen LogP contribution in [-0.2, 0) is 11.3 Å². The van der Waals surface area contributed by atoms with Crippen molar-refractivity contribution in [3.8, 4) is 11.5 Å². The third kappa shape index (κ3) is 4.17. The number of hydrogen-bond acceptors (Lipinski definition) is 8. The van der Waals surface area contributed by atoms with Gasteiger partial charge >= 0.3 is 0 Å². The van der Waals surface area contributed by atoms with E-state index in [1.165, 1.54) is 23.1 Å². The Hall–Kier alpha value is -3.05. The summed E-state index contributed by atoms with van der Waals surface area (Å²) in [4.78, 5) is 25.5. The lowest BCUT2D eigenvalue weighted by Gasteiger charge is -2.11. The number of fused-ring (bicyclic) bond motifs is 3. The van der Waals surface area contributed by atoms with Gasteiger partial charge in [-0.1, -0.05) is 25.1 Å². The lowest BCUT2D eigenvalue weighted by molar-refractivity contribution is -0.113. The second kappa shape index (κ2) is 9.61. The minimum absolute atomic E-state index is 0.0530. The number of methoxy groups -OCH3 is 2. The monoisotopic (exact) mass is 473 g/mol. The van der Waals surface area contributed by atoms with Crippen LogP contribution >= 0.6 is 23.1 Å². The molecule has 4 aromatic rings. The fourth-order valence-corrected chi connectivity index (χ4v) is 4.90. The molecule has 0 radical (unpaired) electrons. The van der Waals surface area contributed by atoms with Gasteiger partial charge in [0.1, 0.15) is 16.2 Å². The van der Waals surface area contributed by atoms with Crippen LogP contribution in [0, 0.1) is 0 Å². The van der Waals surface area contributed by atoms with Gasteiger partial charge in [0.15, 0.2) is 5.16 Å². The fourth-order valence-electron chi connectivity index (χ4n) is 3.34. The fraction of sp³-hybridized carbons (Fsp3) is 0.333. The van der Waals surface area contributed by atoms with Crippen LogP contribution in [0.3, 0.4) is 0 Å². The summed E-state index contributed by atoms with van der Waals surface area (Å²) < 4.78 is 14.7. The highest BCUT2D eigenvalue weighted by Crippen LogP contribution is 2.29. The SMILES string of the molecule is CCCCn1c(=O)c2sccc2n2c(SCC(=O)Nc3cc(OC)ccc3OC)nnc12. The molecule has 1 N–H and O–H groups in total. The van der Waals surface area contributed by atoms with Gasteiger partial charge in [0.2, 0.25) is 11.7 Å². The number of aromatic nitrogens is 4. The van der Waals surface area contributed by atoms with Gasteiger partial charge in [-0.15, -0.1) is 21.5 Å². The number of carbonyl (C=O) groups is 1. The summed E-state index contributed by atoms with van der Waals surface area (Å²) >= 11 is 2.66. The zero-order valence-electron chi connectivity index (χ0n) is 18.0. The van der Waals surface area contributed by atoms with Gasteiger partial charge < -0.3 is 14.8 Å². The van der Waals surface area contributed by atoms with E-state index in [4.69, 9.17) is 9.47 Å². The van der Waals surface area contributed by atoms with Crippen LogP contribution in [0.15, 0.2) is 39.6 Å². The van der Waals surface area contributed by atoms with Gasteiger partial charge in [-0.3, -0.25) is 18.6 Å². The molecule has 0 aliphatic rings. The molecule has 0 unspecified atom stereocenters. The lowest BCUT2D eigenvalue weighted by Crippen LogP contribution is -2.22. The number of benzene rings is 1. The molecule has 3 aromatic heterocycles. The Morgan fingerprint density at radius 2 is 2.06 bits per heavy atom. The topological polar surface area (TPSA) is 99.8 Å². The van der Waals surface area contributed by atoms with E-state index < -0.39 is 0 Å². The number of anilines is 1. The smallest absolute Gasteiger partial charge is 0.272 e. The minimum atomic E-state index is -0.223. The maximum atomic E-state index is 12.9. The maximum absolute atomic E-state index is 12.9. The molecule has 32 heavy (non-hydrogen) atoms. The van der Waals surface area contributed by atoms with E-state index in [0.29, 0.717) is 39.4 Å². The van der Waals surface area contributed by atoms with Gasteiger partial charge in [0, 0.05) is 12.6 Å². The molecule has 0 spiro atoms. The third-order valence-corrected chi connectivity index (χ3v) is 6.75. The first-order valence-corrected chi connectivity index (χ1v) is 11.9. The first-order chi connectivity index (χ1) is 15.6. The highest BCUT2D eigenvalue weighted by molar-refractivity contribution is 7.99. The molecule has 0 aliphatic heterocycles. The van der Waals surface area contributed by atoms with Crippen LogP contribution in [0.1, 0.15) is 19.8 Å². The van der Waals surface area contributed by atoms with Crippen molar-refractivity contribution >= 4 is 50.7 Å². The van der Waals surface area contributed by atoms with Crippen molar-refractivity contribution in [2.45, 2.75) is 31.5 Å². The second-order valence-corrected chi connectivity index (χ2v) is 8.82. The van der Waals surface area contributed by atoms with Crippen LogP contribution in [0.5, 0.6) is 11.5 Å². The molecule has 1 aromatic carbocycles. The molecule has 3 heterocycles. The van der Waals surface area contributed by atoms with E-state index in [2.05, 4.69) is 22.4 Å². The largest absolute Gasteiger partial charge is 0.497 e. The van der Waals surface area contributed by atoms with Crippen molar-refractivity contribution in [1.29, 1.82) is 0 Å². The van der Waals surface area contributed by atoms with Crippen LogP contribution < -0.4 is 20.3 Å². The summed E-state index contributed by atoms with van der Waals surface area (Å²) in [7, 11) is 3.10. The molecule has 0 saturated heterocycles. The van der Waals surface area contributed by atoms with Gasteiger partial charge in [-0.25, -0.2) is 0 Å². The van der Waals surface area contributed by atoms with Crippen molar-refractivity contribution in [1.82, 2.24) is 19.2 Å². The first-order valence-electron chi connectivity index (χ1n) is 10.1. The number of thiophene rings is 1. The molecular formula is C21H23N5O4S2. The number of nitrogens with one attached hydrogen (secondary N) is 1. The van der Waals surface area contributed by atoms with Crippen molar-refractivity contribution in [2.24, 2.45) is 0 Å². The van der Waals surface area contributed by atoms with E-state index in [1.54, 1.807) is 37.0 Å². The van der Waals surface area contributed by atoms with Crippen LogP contribution in [0.25, 0.3) is 16.0 Å². The summed E-state index contributed by atoms with van der Waals surface area (Å²) in [6.07, 6.45) is 1.83. The van der Waals surface area contributed by atoms with E-state index in [-0.39, 0.29) is 17.2 Å². The standard InChI is InChI=1S/C21H23N5O4S2/c1-4-5-9-25-19(28)18-15(8-10-31-18)26-20(25)23-24-21(26)32-12-17(27)22-14-11-13(29-2)6-7-16(14)30-3/h6-8,10-11H,4-5,9,12H2,1-3H3,(H,22,27). The number of carbonyl (C=O) groups excluding carboxylic acids is 1. The van der Waals surface area contributed by atoms with Gasteiger partial charge in [-0.05, 0) is 30.0 Å². The number of amides is 1. The summed E-state index contributed by atoms with van der Waals surface area (Å²) in [5.74, 6) is 1.53. The van der Waals surface area contributed by atoms with Crippen molar-refractivity contribution < 1.29 is 14.3 Å². The first kappa shape index (κ1) is 22.2. The summed E-state index contributed by atoms with van der Waals surface area (Å²) in [6, 6.07) is 7.08. The molecule has 4 rings (SSSR count). The number of thioether (sulfide) groups is 1. The molecule has 0 fully saturated rings. The Balaban J connectivity index is 1.60. The molecule has 0 aliphatic carbocycles. The van der Waals surface area contributed by atoms with Crippen LogP contribution in [-0.4, -0.2) is 45.0 Å². The minimum Gasteiger partial charge on any atom is -0.497 e. The maximum Gasteiger partial charge on any atom is 0.272 e. The zero-order valence-corrected chi connectivity index (χ0v) is 19.6. The van der Waals surface area contributed by atoms with Crippen LogP contribution in [0.2, 0.25) is 0 Å². The quantitative estimate of drug-likeness (QED) is 0.370. The van der Waals surface area contributed by atoms with Crippen molar-refractivity contribution in [3.05, 3.63) is 40.0 Å². The van der Waals surface area contributed by atoms with Crippen LogP contribution in [0.4, 0.5) is 5.69 Å². The highest BCUT2D eigenvalue weighted by atomic mass is 32.2. The number of unbranched alkanes of at least 4 members (excludes halogenated alkanes) is 1. The van der Waals surface area contributed by atoms with E-state index in [9.17, 15) is 9.59 Å². The molecule has 9 nitrogen and oxygen atoms in total. The number of hydrogen-bond donors (Lipinski definition) is 1. The van der Waals surface area contributed by atoms with Crippen molar-refractivity contribution in [3.63, 3.8) is 0 Å². The number of ether oxygens (including phenoxy) is 2. The summed E-state index contributed by atoms with van der Waals surface area (Å²) in [6.45, 7) is 2.65. The Morgan fingerprint density at radius 3 is 2.81 bits per heavy atom. The molecule has 0 atom stereocenters. The molecular weight excluding hydrogens is 450 g/mol. The molecule has 0 saturated carbocycles. The van der Waals surface area contributed by atoms with E-state index in [0.717, 1.165) is 18.4 Å². The molecule has 1 amide bonds. The molecule has 168 valence electrons. The Morgan fingerprint density at radius 1 is 1.22 bits per heavy atom. The van der Waals surface area contributed by atoms with Gasteiger partial charge in [-0.2, -0.15) is 0 Å². The van der Waals surface area contributed by atoms with E-state index in [1.807, 2.05) is 15.8 Å². The van der Waals surface area contributed by atoms with E-state index >= 15 is 0 Å². The average Bonchev–Trinajstić information content (AvgIpc) is 3.45. The number of rotatable bonds is 9. The normalized spacial score (nSPS) is 11.2. The number of nitrogens with zero attached hydrogens (tertiary/aromatic N) is 4. The Labute approximate surface area is 192 Å². The summed E-state index contributed by atoms with van der Waals surface area (Å²) in [5, 5.41) is 13.8. The van der Waals surface area contributed by atoms with Gasteiger partial charge in [0.25, 0.3) is 5.56 Å². The lowest BCUT2D eigenvalue weighted by atomic mass is 10.2.